The van der Waals surface area contributed by atoms with Crippen LogP contribution in [-0.2, 0) is 0 Å². The number of hydrogen-bond donors (Lipinski definition) is 1. The Morgan fingerprint density at radius 2 is 2.07 bits per heavy atom. The van der Waals surface area contributed by atoms with E-state index in [2.05, 4.69) is 34.0 Å². The molecule has 2 aliphatic heterocycles. The van der Waals surface area contributed by atoms with Gasteiger partial charge in [-0.2, -0.15) is 5.10 Å². The zero-order chi connectivity index (χ0) is 19.7. The molecule has 6 nitrogen and oxygen atoms in total. The summed E-state index contributed by atoms with van der Waals surface area (Å²) in [5, 5.41) is 7.38. The number of fused-ring (bicyclic) bond motifs is 1. The molecule has 0 radical (unpaired) electrons. The number of carbonyl (C=O) groups excluding carboxylic acids is 1. The Kier molecular flexibility index (Phi) is 5.15. The number of amides is 1. The van der Waals surface area contributed by atoms with Crippen LogP contribution in [0.3, 0.4) is 0 Å². The summed E-state index contributed by atoms with van der Waals surface area (Å²) >= 11 is 0. The number of rotatable bonds is 3. The third kappa shape index (κ3) is 3.20. The average molecular weight is 383 g/mol. The quantitative estimate of drug-likeness (QED) is 0.882. The van der Waals surface area contributed by atoms with Gasteiger partial charge >= 0.3 is 0 Å². The van der Waals surface area contributed by atoms with Gasteiger partial charge in [-0.15, -0.1) is 0 Å². The van der Waals surface area contributed by atoms with Crippen molar-refractivity contribution in [1.82, 2.24) is 20.0 Å². The van der Waals surface area contributed by atoms with Gasteiger partial charge in [0.05, 0.1) is 18.8 Å². The molecule has 2 saturated heterocycles. The third-order valence-electron chi connectivity index (χ3n) is 6.72. The molecule has 0 spiro atoms. The summed E-state index contributed by atoms with van der Waals surface area (Å²) in [6, 6.07) is 9.85. The first-order valence-electron chi connectivity index (χ1n) is 10.3. The van der Waals surface area contributed by atoms with E-state index in [-0.39, 0.29) is 17.5 Å². The molecule has 1 N–H and O–H groups in total. The van der Waals surface area contributed by atoms with E-state index in [1.165, 1.54) is 12.8 Å². The standard InChI is InChI=1S/C22H30N4O2/c1-22-12-8-14-26(20(22)11-6-7-13-25(22)2)21(27)18-15-17(23-24-18)16-9-4-5-10-19(16)28-3/h4-5,9-10,15,20H,6-8,11-14H2,1-3H3,(H,23,24)/t20-,22-/m0/s1. The van der Waals surface area contributed by atoms with Gasteiger partial charge in [-0.25, -0.2) is 0 Å². The SMILES string of the molecule is COc1ccccc1-c1cc(C(=O)N2CCC[C@@]3(C)[C@@H]2CCCCN3C)[nH]n1. The minimum Gasteiger partial charge on any atom is -0.496 e. The maximum atomic E-state index is 13.4. The number of carbonyl (C=O) groups is 1. The molecule has 2 aliphatic rings. The van der Waals surface area contributed by atoms with Crippen molar-refractivity contribution in [2.24, 2.45) is 0 Å². The average Bonchev–Trinajstić information content (AvgIpc) is 3.15. The minimum absolute atomic E-state index is 0.0515. The molecule has 0 bridgehead atoms. The lowest BCUT2D eigenvalue weighted by Gasteiger charge is -2.51. The van der Waals surface area contributed by atoms with Gasteiger partial charge in [0.1, 0.15) is 11.4 Å². The van der Waals surface area contributed by atoms with Crippen molar-refractivity contribution in [2.75, 3.05) is 27.2 Å². The minimum atomic E-state index is 0.0515. The van der Waals surface area contributed by atoms with Crippen molar-refractivity contribution in [3.8, 4) is 17.0 Å². The van der Waals surface area contributed by atoms with Crippen LogP contribution in [0, 0.1) is 0 Å². The molecule has 1 amide bonds. The van der Waals surface area contributed by atoms with E-state index in [1.807, 2.05) is 30.3 Å². The number of aromatic amines is 1. The topological polar surface area (TPSA) is 61.5 Å². The number of likely N-dealkylation sites (N-methyl/N-ethyl adjacent to an activating group) is 1. The Morgan fingerprint density at radius 1 is 1.25 bits per heavy atom. The van der Waals surface area contributed by atoms with Crippen LogP contribution in [0.4, 0.5) is 0 Å². The van der Waals surface area contributed by atoms with E-state index in [0.717, 1.165) is 49.4 Å². The van der Waals surface area contributed by atoms with E-state index in [1.54, 1.807) is 7.11 Å². The fourth-order valence-electron chi connectivity index (χ4n) is 4.94. The van der Waals surface area contributed by atoms with Crippen LogP contribution in [0.25, 0.3) is 11.3 Å². The predicted molar refractivity (Wildman–Crippen MR) is 110 cm³/mol. The Balaban J connectivity index is 1.62. The van der Waals surface area contributed by atoms with Crippen LogP contribution in [0.5, 0.6) is 5.75 Å². The number of benzene rings is 1. The Bertz CT molecular complexity index is 849. The summed E-state index contributed by atoms with van der Waals surface area (Å²) in [7, 11) is 3.86. The van der Waals surface area contributed by atoms with Crippen LogP contribution in [-0.4, -0.2) is 64.7 Å². The smallest absolute Gasteiger partial charge is 0.272 e. The van der Waals surface area contributed by atoms with Gasteiger partial charge < -0.3 is 9.64 Å². The van der Waals surface area contributed by atoms with E-state index in [4.69, 9.17) is 4.74 Å². The van der Waals surface area contributed by atoms with Crippen molar-refractivity contribution in [3.05, 3.63) is 36.0 Å². The number of likely N-dealkylation sites (tertiary alicyclic amines) is 2. The van der Waals surface area contributed by atoms with Gasteiger partial charge in [0, 0.05) is 17.6 Å². The Morgan fingerprint density at radius 3 is 2.89 bits per heavy atom. The normalized spacial score (nSPS) is 25.8. The van der Waals surface area contributed by atoms with Crippen LogP contribution < -0.4 is 4.74 Å². The van der Waals surface area contributed by atoms with E-state index in [0.29, 0.717) is 5.69 Å². The third-order valence-corrected chi connectivity index (χ3v) is 6.72. The van der Waals surface area contributed by atoms with Gasteiger partial charge in [0.25, 0.3) is 5.91 Å². The molecule has 2 aromatic rings. The molecule has 150 valence electrons. The Hall–Kier alpha value is -2.34. The van der Waals surface area contributed by atoms with Gasteiger partial charge in [0.15, 0.2) is 0 Å². The number of ether oxygens (including phenoxy) is 1. The molecule has 2 atom stereocenters. The summed E-state index contributed by atoms with van der Waals surface area (Å²) in [5.41, 5.74) is 2.23. The van der Waals surface area contributed by atoms with Gasteiger partial charge in [-0.05, 0) is 64.4 Å². The highest BCUT2D eigenvalue weighted by atomic mass is 16.5. The molecule has 0 unspecified atom stereocenters. The van der Waals surface area contributed by atoms with E-state index >= 15 is 0 Å². The fraction of sp³-hybridized carbons (Fsp3) is 0.545. The second-order valence-corrected chi connectivity index (χ2v) is 8.26. The highest BCUT2D eigenvalue weighted by molar-refractivity contribution is 5.94. The van der Waals surface area contributed by atoms with E-state index in [9.17, 15) is 4.79 Å². The van der Waals surface area contributed by atoms with Crippen LogP contribution in [0.2, 0.25) is 0 Å². The molecular formula is C22H30N4O2. The van der Waals surface area contributed by atoms with E-state index < -0.39 is 0 Å². The first-order chi connectivity index (χ1) is 13.5. The summed E-state index contributed by atoms with van der Waals surface area (Å²) in [6.45, 7) is 4.25. The van der Waals surface area contributed by atoms with Crippen LogP contribution in [0.15, 0.2) is 30.3 Å². The number of piperidine rings is 1. The zero-order valence-electron chi connectivity index (χ0n) is 17.1. The summed E-state index contributed by atoms with van der Waals surface area (Å²) in [5.74, 6) is 0.809. The number of para-hydroxylation sites is 1. The molecule has 3 heterocycles. The van der Waals surface area contributed by atoms with Crippen LogP contribution >= 0.6 is 0 Å². The molecular weight excluding hydrogens is 352 g/mol. The molecule has 4 rings (SSSR count). The number of hydrogen-bond acceptors (Lipinski definition) is 4. The first-order valence-corrected chi connectivity index (χ1v) is 10.3. The highest BCUT2D eigenvalue weighted by Crippen LogP contribution is 2.38. The molecule has 0 saturated carbocycles. The Labute approximate surface area is 166 Å². The lowest BCUT2D eigenvalue weighted by atomic mass is 9.80. The monoisotopic (exact) mass is 382 g/mol. The first kappa shape index (κ1) is 19.0. The fourth-order valence-corrected chi connectivity index (χ4v) is 4.94. The number of nitrogens with one attached hydrogen (secondary N) is 1. The lowest BCUT2D eigenvalue weighted by Crippen LogP contribution is -2.63. The van der Waals surface area contributed by atoms with Crippen molar-refractivity contribution >= 4 is 5.91 Å². The van der Waals surface area contributed by atoms with Gasteiger partial charge in [-0.3, -0.25) is 14.8 Å². The summed E-state index contributed by atoms with van der Waals surface area (Å²) in [4.78, 5) is 18.0. The van der Waals surface area contributed by atoms with Crippen molar-refractivity contribution in [1.29, 1.82) is 0 Å². The number of nitrogens with zero attached hydrogens (tertiary/aromatic N) is 3. The highest BCUT2D eigenvalue weighted by Gasteiger charge is 2.46. The summed E-state index contributed by atoms with van der Waals surface area (Å²) in [6.07, 6.45) is 5.63. The number of methoxy groups -OCH3 is 1. The molecule has 6 heteroatoms. The van der Waals surface area contributed by atoms with Crippen molar-refractivity contribution in [3.63, 3.8) is 0 Å². The maximum absolute atomic E-state index is 13.4. The molecule has 1 aromatic carbocycles. The molecule has 0 aliphatic carbocycles. The van der Waals surface area contributed by atoms with Gasteiger partial charge in [0.2, 0.25) is 0 Å². The maximum Gasteiger partial charge on any atom is 0.272 e. The van der Waals surface area contributed by atoms with Gasteiger partial charge in [-0.1, -0.05) is 18.6 Å². The second kappa shape index (κ2) is 7.59. The van der Waals surface area contributed by atoms with Crippen LogP contribution in [0.1, 0.15) is 49.5 Å². The molecule has 1 aromatic heterocycles. The second-order valence-electron chi connectivity index (χ2n) is 8.26. The molecule has 2 fully saturated rings. The largest absolute Gasteiger partial charge is 0.496 e. The van der Waals surface area contributed by atoms with Crippen molar-refractivity contribution in [2.45, 2.75) is 50.6 Å². The summed E-state index contributed by atoms with van der Waals surface area (Å²) < 4.78 is 5.44. The number of H-pyrrole nitrogens is 1. The lowest BCUT2D eigenvalue weighted by molar-refractivity contribution is -0.00366. The predicted octanol–water partition coefficient (Wildman–Crippen LogP) is 3.56. The van der Waals surface area contributed by atoms with Crippen molar-refractivity contribution < 1.29 is 9.53 Å². The number of aromatic nitrogens is 2. The zero-order valence-corrected chi connectivity index (χ0v) is 17.1. The molecule has 28 heavy (non-hydrogen) atoms.